The number of nitrogens with zero attached hydrogens (tertiary/aromatic N) is 1. The van der Waals surface area contributed by atoms with E-state index in [1.165, 1.54) is 0 Å². The number of benzene rings is 1. The van der Waals surface area contributed by atoms with Crippen molar-refractivity contribution in [1.29, 1.82) is 0 Å². The Morgan fingerprint density at radius 3 is 2.44 bits per heavy atom. The minimum absolute atomic E-state index is 0.668. The van der Waals surface area contributed by atoms with Gasteiger partial charge in [0, 0.05) is 10.5 Å². The zero-order valence-electron chi connectivity index (χ0n) is 7.95. The normalized spacial score (nSPS) is 11.2. The summed E-state index contributed by atoms with van der Waals surface area (Å²) >= 11 is 10.0. The molecule has 0 amide bonds. The third kappa shape index (κ3) is 2.84. The van der Waals surface area contributed by atoms with E-state index in [1.807, 2.05) is 30.3 Å². The van der Waals surface area contributed by atoms with E-state index in [2.05, 4.69) is 52.8 Å². The maximum absolute atomic E-state index is 5.38. The van der Waals surface area contributed by atoms with Crippen molar-refractivity contribution in [3.63, 3.8) is 0 Å². The maximum Gasteiger partial charge on any atom is 0.184 e. The molecule has 5 heteroatoms. The van der Waals surface area contributed by atoms with Gasteiger partial charge in [0.2, 0.25) is 0 Å². The molecule has 82 valence electrons. The third-order valence-electron chi connectivity index (χ3n) is 1.85. The lowest BCUT2D eigenvalue weighted by atomic mass is 10.3. The Morgan fingerprint density at radius 2 is 1.81 bits per heavy atom. The lowest BCUT2D eigenvalue weighted by Gasteiger charge is -1.94. The second-order valence-corrected chi connectivity index (χ2v) is 5.41. The van der Waals surface area contributed by atoms with Crippen LogP contribution in [0.25, 0.3) is 0 Å². The van der Waals surface area contributed by atoms with Crippen LogP contribution in [0, 0.1) is 0 Å². The Morgan fingerprint density at radius 1 is 1.06 bits per heavy atom. The summed E-state index contributed by atoms with van der Waals surface area (Å²) in [6.07, 6.45) is 1.68. The Labute approximate surface area is 118 Å². The molecule has 0 N–H and O–H groups in total. The molecule has 0 aliphatic rings. The van der Waals surface area contributed by atoms with Crippen LogP contribution in [-0.2, 0) is 0 Å². The summed E-state index contributed by atoms with van der Waals surface area (Å²) < 4.78 is 7.88. The summed E-state index contributed by atoms with van der Waals surface area (Å²) in [7, 11) is 0. The van der Waals surface area contributed by atoms with Gasteiger partial charge in [0.25, 0.3) is 0 Å². The fourth-order valence-corrected chi connectivity index (χ4v) is 2.11. The van der Waals surface area contributed by atoms with Gasteiger partial charge in [-0.2, -0.15) is 0 Å². The van der Waals surface area contributed by atoms with E-state index in [-0.39, 0.29) is 0 Å². The molecule has 0 aliphatic heterocycles. The second-order valence-electron chi connectivity index (χ2n) is 2.98. The zero-order chi connectivity index (χ0) is 11.5. The van der Waals surface area contributed by atoms with Gasteiger partial charge in [-0.25, -0.2) is 0 Å². The van der Waals surface area contributed by atoms with Crippen molar-refractivity contribution in [2.45, 2.75) is 0 Å². The first-order valence-corrected chi connectivity index (χ1v) is 6.78. The van der Waals surface area contributed by atoms with Gasteiger partial charge in [0.15, 0.2) is 4.67 Å². The van der Waals surface area contributed by atoms with Crippen LogP contribution in [0.5, 0.6) is 0 Å². The summed E-state index contributed by atoms with van der Waals surface area (Å²) in [5.74, 6) is 0.689. The van der Waals surface area contributed by atoms with Crippen molar-refractivity contribution in [2.24, 2.45) is 4.99 Å². The first kappa shape index (κ1) is 12.1. The Kier molecular flexibility index (Phi) is 4.00. The lowest BCUT2D eigenvalue weighted by Crippen LogP contribution is -1.74. The van der Waals surface area contributed by atoms with Crippen LogP contribution in [0.15, 0.2) is 53.4 Å². The highest BCUT2D eigenvalue weighted by Gasteiger charge is 2.03. The first-order chi connectivity index (χ1) is 7.66. The van der Waals surface area contributed by atoms with Crippen molar-refractivity contribution >= 4 is 59.7 Å². The van der Waals surface area contributed by atoms with Gasteiger partial charge < -0.3 is 4.42 Å². The van der Waals surface area contributed by atoms with Crippen molar-refractivity contribution in [3.8, 4) is 0 Å². The van der Waals surface area contributed by atoms with Gasteiger partial charge >= 0.3 is 0 Å². The van der Waals surface area contributed by atoms with Gasteiger partial charge in [0.05, 0.1) is 16.4 Å². The summed E-state index contributed by atoms with van der Waals surface area (Å²) in [5, 5.41) is 0. The maximum atomic E-state index is 5.38. The molecule has 2 nitrogen and oxygen atoms in total. The summed E-state index contributed by atoms with van der Waals surface area (Å²) in [5.41, 5.74) is 0.867. The molecular formula is C11H6Br3NO. The van der Waals surface area contributed by atoms with Crippen LogP contribution in [0.2, 0.25) is 0 Å². The van der Waals surface area contributed by atoms with Crippen molar-refractivity contribution < 1.29 is 4.42 Å². The molecule has 0 spiro atoms. The fourth-order valence-electron chi connectivity index (χ4n) is 1.12. The minimum Gasteiger partial charge on any atom is -0.447 e. The van der Waals surface area contributed by atoms with E-state index in [4.69, 9.17) is 4.42 Å². The van der Waals surface area contributed by atoms with Crippen molar-refractivity contribution in [2.75, 3.05) is 0 Å². The number of para-hydroxylation sites is 1. The molecule has 0 atom stereocenters. The number of hydrogen-bond acceptors (Lipinski definition) is 2. The van der Waals surface area contributed by atoms with E-state index < -0.39 is 0 Å². The van der Waals surface area contributed by atoms with Crippen LogP contribution in [0.3, 0.4) is 0 Å². The summed E-state index contributed by atoms with van der Waals surface area (Å²) in [4.78, 5) is 4.32. The van der Waals surface area contributed by atoms with Crippen LogP contribution >= 0.6 is 47.8 Å². The van der Waals surface area contributed by atoms with E-state index in [0.717, 1.165) is 14.6 Å². The van der Waals surface area contributed by atoms with E-state index in [0.29, 0.717) is 10.4 Å². The highest BCUT2D eigenvalue weighted by Crippen LogP contribution is 2.27. The summed E-state index contributed by atoms with van der Waals surface area (Å²) in [6, 6.07) is 9.60. The molecule has 2 aromatic rings. The molecular weight excluding hydrogens is 402 g/mol. The molecule has 0 bridgehead atoms. The van der Waals surface area contributed by atoms with E-state index in [1.54, 1.807) is 6.21 Å². The Balaban J connectivity index is 2.25. The molecule has 0 aliphatic carbocycles. The van der Waals surface area contributed by atoms with Gasteiger partial charge in [-0.3, -0.25) is 4.99 Å². The fraction of sp³-hybridized carbons (Fsp3) is 0. The molecule has 0 radical (unpaired) electrons. The predicted octanol–water partition coefficient (Wildman–Crippen LogP) is 5.32. The summed E-state index contributed by atoms with van der Waals surface area (Å²) in [6.45, 7) is 0. The molecule has 0 unspecified atom stereocenters. The monoisotopic (exact) mass is 405 g/mol. The molecule has 1 aromatic carbocycles. The molecule has 1 aromatic heterocycles. The average molecular weight is 408 g/mol. The SMILES string of the molecule is Brc1ccccc1N=Cc1cc(Br)c(Br)o1. The van der Waals surface area contributed by atoms with E-state index >= 15 is 0 Å². The molecule has 0 fully saturated rings. The van der Waals surface area contributed by atoms with Crippen LogP contribution in [0.4, 0.5) is 5.69 Å². The topological polar surface area (TPSA) is 25.5 Å². The quantitative estimate of drug-likeness (QED) is 0.619. The lowest BCUT2D eigenvalue weighted by molar-refractivity contribution is 0.533. The molecule has 2 rings (SSSR count). The number of halogens is 3. The molecule has 0 saturated carbocycles. The van der Waals surface area contributed by atoms with Crippen LogP contribution in [-0.4, -0.2) is 6.21 Å². The smallest absolute Gasteiger partial charge is 0.184 e. The standard InChI is InChI=1S/C11H6Br3NO/c12-8-3-1-2-4-10(8)15-6-7-5-9(13)11(14)16-7/h1-6H. The van der Waals surface area contributed by atoms with Crippen molar-refractivity contribution in [3.05, 3.63) is 49.7 Å². The highest BCUT2D eigenvalue weighted by atomic mass is 79.9. The van der Waals surface area contributed by atoms with Gasteiger partial charge in [-0.1, -0.05) is 12.1 Å². The number of furan rings is 1. The largest absolute Gasteiger partial charge is 0.447 e. The number of rotatable bonds is 2. The first-order valence-electron chi connectivity index (χ1n) is 4.40. The van der Waals surface area contributed by atoms with E-state index in [9.17, 15) is 0 Å². The minimum atomic E-state index is 0.668. The zero-order valence-corrected chi connectivity index (χ0v) is 12.7. The molecule has 1 heterocycles. The Hall–Kier alpha value is -0.390. The Bertz CT molecular complexity index is 514. The van der Waals surface area contributed by atoms with Gasteiger partial charge in [-0.15, -0.1) is 0 Å². The molecule has 0 saturated heterocycles. The van der Waals surface area contributed by atoms with Crippen LogP contribution < -0.4 is 0 Å². The highest BCUT2D eigenvalue weighted by molar-refractivity contribution is 9.13. The predicted molar refractivity (Wildman–Crippen MR) is 75.5 cm³/mol. The van der Waals surface area contributed by atoms with Gasteiger partial charge in [-0.05, 0) is 59.9 Å². The third-order valence-corrected chi connectivity index (χ3v) is 4.23. The van der Waals surface area contributed by atoms with Crippen LogP contribution in [0.1, 0.15) is 5.76 Å². The number of hydrogen-bond donors (Lipinski definition) is 0. The second kappa shape index (κ2) is 5.29. The average Bonchev–Trinajstić information content (AvgIpc) is 2.57. The van der Waals surface area contributed by atoms with Crippen molar-refractivity contribution in [1.82, 2.24) is 0 Å². The molecule has 16 heavy (non-hydrogen) atoms. The van der Waals surface area contributed by atoms with Gasteiger partial charge in [0.1, 0.15) is 5.76 Å². The number of aliphatic imine (C=N–C) groups is 1.